The highest BCUT2D eigenvalue weighted by Crippen LogP contribution is 2.17. The van der Waals surface area contributed by atoms with Crippen LogP contribution < -0.4 is 10.1 Å². The van der Waals surface area contributed by atoms with Gasteiger partial charge in [-0.15, -0.1) is 0 Å². The molecule has 1 aromatic rings. The molecule has 1 aliphatic heterocycles. The predicted octanol–water partition coefficient (Wildman–Crippen LogP) is 1.01. The number of alkyl carbamates (subject to hydrolysis) is 1. The zero-order valence-electron chi connectivity index (χ0n) is 9.18. The molecule has 0 aromatic heterocycles. The van der Waals surface area contributed by atoms with E-state index in [1.54, 1.807) is 0 Å². The van der Waals surface area contributed by atoms with Crippen molar-refractivity contribution in [1.29, 1.82) is 0 Å². The third-order valence-corrected chi connectivity index (χ3v) is 2.30. The summed E-state index contributed by atoms with van der Waals surface area (Å²) in [7, 11) is 0. The van der Waals surface area contributed by atoms with Crippen LogP contribution in [0.15, 0.2) is 18.2 Å². The Morgan fingerprint density at radius 3 is 2.94 bits per heavy atom. The van der Waals surface area contributed by atoms with Crippen molar-refractivity contribution in [2.45, 2.75) is 6.10 Å². The smallest absolute Gasteiger partial charge is 0.407 e. The number of halogens is 1. The summed E-state index contributed by atoms with van der Waals surface area (Å²) < 4.78 is 23.1. The first kappa shape index (κ1) is 12.2. The molecule has 1 aromatic carbocycles. The van der Waals surface area contributed by atoms with E-state index in [4.69, 9.17) is 14.6 Å². The van der Waals surface area contributed by atoms with Crippen LogP contribution in [0.2, 0.25) is 0 Å². The number of amides is 1. The molecule has 7 heteroatoms. The summed E-state index contributed by atoms with van der Waals surface area (Å²) in [6, 6.07) is 3.17. The molecule has 1 atom stereocenters. The number of carboxylic acids is 1. The number of nitrogens with one attached hydrogen (secondary N) is 1. The molecular weight excluding hydrogens is 245 g/mol. The third-order valence-electron chi connectivity index (χ3n) is 2.30. The van der Waals surface area contributed by atoms with Gasteiger partial charge in [0.05, 0.1) is 12.1 Å². The van der Waals surface area contributed by atoms with E-state index in [0.717, 1.165) is 12.1 Å². The van der Waals surface area contributed by atoms with Crippen molar-refractivity contribution >= 4 is 12.1 Å². The fourth-order valence-electron chi connectivity index (χ4n) is 1.48. The van der Waals surface area contributed by atoms with Crippen LogP contribution in [0.1, 0.15) is 10.4 Å². The Balaban J connectivity index is 2.00. The minimum Gasteiger partial charge on any atom is -0.490 e. The van der Waals surface area contributed by atoms with Crippen molar-refractivity contribution in [3.05, 3.63) is 29.6 Å². The van der Waals surface area contributed by atoms with E-state index in [0.29, 0.717) is 6.54 Å². The van der Waals surface area contributed by atoms with Crippen LogP contribution in [-0.4, -0.2) is 36.4 Å². The second kappa shape index (κ2) is 4.91. The van der Waals surface area contributed by atoms with Gasteiger partial charge in [-0.25, -0.2) is 14.0 Å². The average Bonchev–Trinajstić information content (AvgIpc) is 2.72. The fourth-order valence-corrected chi connectivity index (χ4v) is 1.48. The Morgan fingerprint density at radius 2 is 2.33 bits per heavy atom. The van der Waals surface area contributed by atoms with Crippen LogP contribution in [0.3, 0.4) is 0 Å². The van der Waals surface area contributed by atoms with Crippen LogP contribution >= 0.6 is 0 Å². The van der Waals surface area contributed by atoms with Crippen molar-refractivity contribution in [3.8, 4) is 5.75 Å². The number of hydrogen-bond acceptors (Lipinski definition) is 4. The van der Waals surface area contributed by atoms with Gasteiger partial charge in [-0.3, -0.25) is 0 Å². The van der Waals surface area contributed by atoms with E-state index in [1.165, 1.54) is 6.07 Å². The molecule has 2 rings (SSSR count). The topological polar surface area (TPSA) is 84.9 Å². The van der Waals surface area contributed by atoms with E-state index in [2.05, 4.69) is 5.32 Å². The quantitative estimate of drug-likeness (QED) is 0.838. The lowest BCUT2D eigenvalue weighted by atomic mass is 10.2. The zero-order valence-corrected chi connectivity index (χ0v) is 9.18. The van der Waals surface area contributed by atoms with E-state index in [1.807, 2.05) is 0 Å². The number of hydrogen-bond donors (Lipinski definition) is 2. The maximum atomic E-state index is 13.1. The second-order valence-electron chi connectivity index (χ2n) is 3.70. The first-order valence-corrected chi connectivity index (χ1v) is 5.16. The summed E-state index contributed by atoms with van der Waals surface area (Å²) in [4.78, 5) is 21.4. The summed E-state index contributed by atoms with van der Waals surface area (Å²) in [5.74, 6) is -1.87. The molecule has 96 valence electrons. The molecule has 1 aliphatic rings. The lowest BCUT2D eigenvalue weighted by Crippen LogP contribution is -2.22. The Morgan fingerprint density at radius 1 is 1.56 bits per heavy atom. The number of ether oxygens (including phenoxy) is 2. The van der Waals surface area contributed by atoms with Crippen LogP contribution in [0.4, 0.5) is 9.18 Å². The van der Waals surface area contributed by atoms with Gasteiger partial charge in [-0.2, -0.15) is 0 Å². The minimum atomic E-state index is -1.24. The number of carboxylic acid groups (broad SMARTS) is 1. The summed E-state index contributed by atoms with van der Waals surface area (Å²) in [6.07, 6.45) is -0.997. The Hall–Kier alpha value is -2.31. The molecule has 0 spiro atoms. The van der Waals surface area contributed by atoms with Gasteiger partial charge in [-0.1, -0.05) is 0 Å². The van der Waals surface area contributed by atoms with Gasteiger partial charge in [-0.05, 0) is 12.1 Å². The maximum Gasteiger partial charge on any atom is 0.407 e. The van der Waals surface area contributed by atoms with Gasteiger partial charge in [0.1, 0.15) is 18.2 Å². The fraction of sp³-hybridized carbons (Fsp3) is 0.273. The molecule has 1 saturated heterocycles. The Bertz CT molecular complexity index is 490. The van der Waals surface area contributed by atoms with Crippen LogP contribution in [0.25, 0.3) is 0 Å². The normalized spacial score (nSPS) is 18.1. The number of benzene rings is 1. The van der Waals surface area contributed by atoms with Crippen LogP contribution in [0, 0.1) is 5.82 Å². The average molecular weight is 255 g/mol. The summed E-state index contributed by atoms with van der Waals surface area (Å²) in [5, 5.41) is 11.2. The van der Waals surface area contributed by atoms with Crippen molar-refractivity contribution in [2.24, 2.45) is 0 Å². The lowest BCUT2D eigenvalue weighted by Gasteiger charge is -2.10. The van der Waals surface area contributed by atoms with Gasteiger partial charge in [0.2, 0.25) is 0 Å². The van der Waals surface area contributed by atoms with Gasteiger partial charge in [0.15, 0.2) is 6.10 Å². The molecule has 18 heavy (non-hydrogen) atoms. The molecule has 0 bridgehead atoms. The van der Waals surface area contributed by atoms with Gasteiger partial charge in [0, 0.05) is 6.07 Å². The molecule has 0 aliphatic carbocycles. The van der Waals surface area contributed by atoms with Crippen molar-refractivity contribution in [3.63, 3.8) is 0 Å². The molecule has 2 N–H and O–H groups in total. The summed E-state index contributed by atoms with van der Waals surface area (Å²) in [5.41, 5.74) is -0.202. The summed E-state index contributed by atoms with van der Waals surface area (Å²) in [6.45, 7) is 0.335. The van der Waals surface area contributed by atoms with Gasteiger partial charge >= 0.3 is 12.1 Å². The Kier molecular flexibility index (Phi) is 3.31. The number of carbonyl (C=O) groups is 2. The lowest BCUT2D eigenvalue weighted by molar-refractivity contribution is 0.0695. The highest BCUT2D eigenvalue weighted by atomic mass is 19.1. The van der Waals surface area contributed by atoms with Crippen molar-refractivity contribution in [1.82, 2.24) is 5.32 Å². The van der Waals surface area contributed by atoms with E-state index in [-0.39, 0.29) is 17.9 Å². The molecular formula is C11H10FNO5. The van der Waals surface area contributed by atoms with Crippen molar-refractivity contribution < 1.29 is 28.6 Å². The van der Waals surface area contributed by atoms with E-state index < -0.39 is 24.0 Å². The number of cyclic esters (lactones) is 1. The molecule has 0 saturated carbocycles. The predicted molar refractivity (Wildman–Crippen MR) is 57.1 cm³/mol. The molecule has 0 radical (unpaired) electrons. The third kappa shape index (κ3) is 2.88. The highest BCUT2D eigenvalue weighted by Gasteiger charge is 2.23. The number of carbonyl (C=O) groups excluding carboxylic acids is 1. The molecule has 1 unspecified atom stereocenters. The number of rotatable bonds is 4. The molecule has 1 fully saturated rings. The van der Waals surface area contributed by atoms with E-state index in [9.17, 15) is 14.0 Å². The zero-order chi connectivity index (χ0) is 13.1. The van der Waals surface area contributed by atoms with E-state index >= 15 is 0 Å². The van der Waals surface area contributed by atoms with Crippen LogP contribution in [-0.2, 0) is 4.74 Å². The monoisotopic (exact) mass is 255 g/mol. The molecule has 6 nitrogen and oxygen atoms in total. The van der Waals surface area contributed by atoms with Crippen LogP contribution in [0.5, 0.6) is 5.75 Å². The van der Waals surface area contributed by atoms with Gasteiger partial charge in [0.25, 0.3) is 0 Å². The summed E-state index contributed by atoms with van der Waals surface area (Å²) >= 11 is 0. The SMILES string of the molecule is O=C1NCC(COc2cc(F)cc(C(=O)O)c2)O1. The highest BCUT2D eigenvalue weighted by molar-refractivity contribution is 5.88. The second-order valence-corrected chi connectivity index (χ2v) is 3.70. The molecule has 1 amide bonds. The Labute approximate surface area is 101 Å². The maximum absolute atomic E-state index is 13.1. The molecule has 1 heterocycles. The first-order chi connectivity index (χ1) is 8.54. The standard InChI is InChI=1S/C11H10FNO5/c12-7-1-6(10(14)15)2-8(3-7)17-5-9-4-13-11(16)18-9/h1-3,9H,4-5H2,(H,13,16)(H,14,15). The number of aromatic carboxylic acids is 1. The van der Waals surface area contributed by atoms with Crippen molar-refractivity contribution in [2.75, 3.05) is 13.2 Å². The minimum absolute atomic E-state index is 0.0290. The largest absolute Gasteiger partial charge is 0.490 e. The van der Waals surface area contributed by atoms with Gasteiger partial charge < -0.3 is 19.9 Å². The first-order valence-electron chi connectivity index (χ1n) is 5.16.